The van der Waals surface area contributed by atoms with Crippen LogP contribution >= 0.6 is 11.6 Å². The fourth-order valence-electron chi connectivity index (χ4n) is 1.74. The van der Waals surface area contributed by atoms with E-state index in [-0.39, 0.29) is 6.61 Å². The molecule has 5 nitrogen and oxygen atoms in total. The number of nitrogens with zero attached hydrogens (tertiary/aromatic N) is 2. The molecule has 0 aliphatic carbocycles. The first kappa shape index (κ1) is 14.7. The lowest BCUT2D eigenvalue weighted by Gasteiger charge is -2.13. The standard InChI is InChI=1S/C14H17ClN2O3/c1-3-19-12-6-10(8-18)4-5-11(12)20-9-14-16-7-13(15)17(14)2/h4-7,18H,3,8-9H2,1-2H3. The molecule has 0 bridgehead atoms. The van der Waals surface area contributed by atoms with Crippen molar-refractivity contribution in [3.8, 4) is 11.5 Å². The molecule has 0 atom stereocenters. The number of rotatable bonds is 6. The largest absolute Gasteiger partial charge is 0.490 e. The van der Waals surface area contributed by atoms with E-state index < -0.39 is 0 Å². The van der Waals surface area contributed by atoms with Gasteiger partial charge >= 0.3 is 0 Å². The Bertz CT molecular complexity index is 584. The van der Waals surface area contributed by atoms with Crippen LogP contribution in [-0.4, -0.2) is 21.3 Å². The van der Waals surface area contributed by atoms with Gasteiger partial charge < -0.3 is 19.1 Å². The maximum atomic E-state index is 9.14. The molecule has 1 aromatic heterocycles. The predicted molar refractivity (Wildman–Crippen MR) is 76.1 cm³/mol. The maximum absolute atomic E-state index is 9.14. The third kappa shape index (κ3) is 3.23. The van der Waals surface area contributed by atoms with E-state index in [9.17, 15) is 0 Å². The fourth-order valence-corrected chi connectivity index (χ4v) is 1.89. The average molecular weight is 297 g/mol. The Morgan fingerprint density at radius 2 is 2.10 bits per heavy atom. The normalized spacial score (nSPS) is 10.6. The molecular weight excluding hydrogens is 280 g/mol. The van der Waals surface area contributed by atoms with Crippen molar-refractivity contribution in [2.75, 3.05) is 6.61 Å². The minimum Gasteiger partial charge on any atom is -0.490 e. The number of imidazole rings is 1. The van der Waals surface area contributed by atoms with Crippen molar-refractivity contribution in [1.29, 1.82) is 0 Å². The first-order chi connectivity index (χ1) is 9.65. The summed E-state index contributed by atoms with van der Waals surface area (Å²) in [6, 6.07) is 5.34. The molecule has 2 rings (SSSR count). The molecule has 1 heterocycles. The molecule has 0 radical (unpaired) electrons. The number of halogens is 1. The van der Waals surface area contributed by atoms with Crippen molar-refractivity contribution >= 4 is 11.6 Å². The number of aliphatic hydroxyl groups excluding tert-OH is 1. The van der Waals surface area contributed by atoms with Crippen molar-refractivity contribution in [3.63, 3.8) is 0 Å². The SMILES string of the molecule is CCOc1cc(CO)ccc1OCc1ncc(Cl)n1C. The Hall–Kier alpha value is -1.72. The summed E-state index contributed by atoms with van der Waals surface area (Å²) in [4.78, 5) is 4.16. The van der Waals surface area contributed by atoms with Gasteiger partial charge in [-0.25, -0.2) is 4.98 Å². The van der Waals surface area contributed by atoms with Crippen molar-refractivity contribution < 1.29 is 14.6 Å². The number of aromatic nitrogens is 2. The zero-order chi connectivity index (χ0) is 14.5. The zero-order valence-corrected chi connectivity index (χ0v) is 12.2. The minimum absolute atomic E-state index is 0.0324. The molecule has 1 N–H and O–H groups in total. The van der Waals surface area contributed by atoms with Gasteiger partial charge in [-0.3, -0.25) is 0 Å². The van der Waals surface area contributed by atoms with E-state index in [0.29, 0.717) is 29.9 Å². The van der Waals surface area contributed by atoms with Crippen molar-refractivity contribution in [2.24, 2.45) is 7.05 Å². The Kier molecular flexibility index (Phi) is 4.87. The highest BCUT2D eigenvalue weighted by molar-refractivity contribution is 6.29. The second-order valence-electron chi connectivity index (χ2n) is 4.22. The quantitative estimate of drug-likeness (QED) is 0.890. The fraction of sp³-hybridized carbons (Fsp3) is 0.357. The van der Waals surface area contributed by atoms with Crippen molar-refractivity contribution in [1.82, 2.24) is 9.55 Å². The second kappa shape index (κ2) is 6.63. The third-order valence-electron chi connectivity index (χ3n) is 2.88. The Morgan fingerprint density at radius 3 is 2.70 bits per heavy atom. The summed E-state index contributed by atoms with van der Waals surface area (Å²) >= 11 is 5.92. The minimum atomic E-state index is -0.0324. The number of aliphatic hydroxyl groups is 1. The molecule has 0 fully saturated rings. The van der Waals surface area contributed by atoms with Crippen LogP contribution in [0.25, 0.3) is 0 Å². The van der Waals surface area contributed by atoms with Gasteiger partial charge in [-0.15, -0.1) is 0 Å². The highest BCUT2D eigenvalue weighted by atomic mass is 35.5. The van der Waals surface area contributed by atoms with E-state index in [2.05, 4.69) is 4.98 Å². The highest BCUT2D eigenvalue weighted by Crippen LogP contribution is 2.29. The summed E-state index contributed by atoms with van der Waals surface area (Å²) in [5, 5.41) is 9.70. The molecular formula is C14H17ClN2O3. The van der Waals surface area contributed by atoms with Crippen LogP contribution in [0.1, 0.15) is 18.3 Å². The van der Waals surface area contributed by atoms with Crippen LogP contribution in [-0.2, 0) is 20.3 Å². The second-order valence-corrected chi connectivity index (χ2v) is 4.60. The van der Waals surface area contributed by atoms with Crippen LogP contribution in [0.15, 0.2) is 24.4 Å². The monoisotopic (exact) mass is 296 g/mol. The predicted octanol–water partition coefficient (Wildman–Crippen LogP) is 2.54. The van der Waals surface area contributed by atoms with E-state index in [1.54, 1.807) is 29.0 Å². The number of hydrogen-bond acceptors (Lipinski definition) is 4. The van der Waals surface area contributed by atoms with Gasteiger partial charge in [-0.2, -0.15) is 0 Å². The van der Waals surface area contributed by atoms with Gasteiger partial charge in [-0.1, -0.05) is 17.7 Å². The molecule has 0 unspecified atom stereocenters. The van der Waals surface area contributed by atoms with E-state index in [0.717, 1.165) is 11.4 Å². The zero-order valence-electron chi connectivity index (χ0n) is 11.5. The van der Waals surface area contributed by atoms with E-state index in [4.69, 9.17) is 26.2 Å². The van der Waals surface area contributed by atoms with Gasteiger partial charge in [0, 0.05) is 7.05 Å². The first-order valence-electron chi connectivity index (χ1n) is 6.31. The summed E-state index contributed by atoms with van der Waals surface area (Å²) in [6.07, 6.45) is 1.58. The van der Waals surface area contributed by atoms with E-state index >= 15 is 0 Å². The average Bonchev–Trinajstić information content (AvgIpc) is 2.78. The third-order valence-corrected chi connectivity index (χ3v) is 3.23. The molecule has 0 saturated heterocycles. The van der Waals surface area contributed by atoms with E-state index in [1.807, 2.05) is 14.0 Å². The van der Waals surface area contributed by atoms with Gasteiger partial charge in [0.25, 0.3) is 0 Å². The summed E-state index contributed by atoms with van der Waals surface area (Å²) in [5.74, 6) is 1.95. The summed E-state index contributed by atoms with van der Waals surface area (Å²) in [6.45, 7) is 2.69. The van der Waals surface area contributed by atoms with Gasteiger partial charge in [-0.05, 0) is 24.6 Å². The van der Waals surface area contributed by atoms with Crippen LogP contribution in [0.5, 0.6) is 11.5 Å². The van der Waals surface area contributed by atoms with Crippen LogP contribution < -0.4 is 9.47 Å². The molecule has 2 aromatic rings. The first-order valence-corrected chi connectivity index (χ1v) is 6.69. The topological polar surface area (TPSA) is 56.5 Å². The molecule has 0 aliphatic rings. The smallest absolute Gasteiger partial charge is 0.161 e. The summed E-state index contributed by atoms with van der Waals surface area (Å²) in [5.41, 5.74) is 0.779. The molecule has 0 saturated carbocycles. The molecule has 6 heteroatoms. The maximum Gasteiger partial charge on any atom is 0.161 e. The van der Waals surface area contributed by atoms with Crippen LogP contribution in [0.4, 0.5) is 0 Å². The molecule has 1 aromatic carbocycles. The summed E-state index contributed by atoms with van der Waals surface area (Å²) < 4.78 is 13.0. The highest BCUT2D eigenvalue weighted by Gasteiger charge is 2.09. The van der Waals surface area contributed by atoms with Crippen LogP contribution in [0.3, 0.4) is 0 Å². The number of ether oxygens (including phenoxy) is 2. The molecule has 0 spiro atoms. The van der Waals surface area contributed by atoms with Crippen molar-refractivity contribution in [3.05, 3.63) is 40.9 Å². The Morgan fingerprint density at radius 1 is 1.30 bits per heavy atom. The van der Waals surface area contributed by atoms with Gasteiger partial charge in [0.05, 0.1) is 19.4 Å². The molecule has 0 amide bonds. The molecule has 108 valence electrons. The Balaban J connectivity index is 2.14. The van der Waals surface area contributed by atoms with Crippen molar-refractivity contribution in [2.45, 2.75) is 20.1 Å². The van der Waals surface area contributed by atoms with Crippen LogP contribution in [0, 0.1) is 0 Å². The lowest BCUT2D eigenvalue weighted by molar-refractivity contribution is 0.257. The number of hydrogen-bond donors (Lipinski definition) is 1. The lowest BCUT2D eigenvalue weighted by Crippen LogP contribution is -2.05. The Labute approximate surface area is 122 Å². The van der Waals surface area contributed by atoms with Gasteiger partial charge in [0.1, 0.15) is 17.6 Å². The van der Waals surface area contributed by atoms with Crippen LogP contribution in [0.2, 0.25) is 5.15 Å². The molecule has 0 aliphatic heterocycles. The number of benzene rings is 1. The lowest BCUT2D eigenvalue weighted by atomic mass is 10.2. The van der Waals surface area contributed by atoms with E-state index in [1.165, 1.54) is 0 Å². The van der Waals surface area contributed by atoms with Gasteiger partial charge in [0.15, 0.2) is 11.5 Å². The molecule has 20 heavy (non-hydrogen) atoms. The summed E-state index contributed by atoms with van der Waals surface area (Å²) in [7, 11) is 1.83. The van der Waals surface area contributed by atoms with Gasteiger partial charge in [0.2, 0.25) is 0 Å².